The van der Waals surface area contributed by atoms with Crippen LogP contribution in [0.2, 0.25) is 0 Å². The summed E-state index contributed by atoms with van der Waals surface area (Å²) in [6.07, 6.45) is 4.48. The van der Waals surface area contributed by atoms with E-state index in [4.69, 9.17) is 10.5 Å². The summed E-state index contributed by atoms with van der Waals surface area (Å²) < 4.78 is 5.47. The molecule has 16 heavy (non-hydrogen) atoms. The Hall–Kier alpha value is -0.610. The molecule has 0 spiro atoms. The molecule has 1 heterocycles. The lowest BCUT2D eigenvalue weighted by Crippen LogP contribution is -2.49. The first-order chi connectivity index (χ1) is 7.74. The molecule has 0 aromatic rings. The normalized spacial score (nSPS) is 30.1. The van der Waals surface area contributed by atoms with Gasteiger partial charge < -0.3 is 15.4 Å². The Kier molecular flexibility index (Phi) is 3.82. The number of amides is 1. The van der Waals surface area contributed by atoms with Gasteiger partial charge in [-0.2, -0.15) is 0 Å². The average Bonchev–Trinajstić information content (AvgIpc) is 2.60. The van der Waals surface area contributed by atoms with E-state index in [1.165, 1.54) is 6.42 Å². The number of rotatable bonds is 4. The average molecular weight is 226 g/mol. The zero-order valence-electron chi connectivity index (χ0n) is 10.0. The van der Waals surface area contributed by atoms with Crippen molar-refractivity contribution in [3.05, 3.63) is 0 Å². The molecule has 1 aliphatic carbocycles. The largest absolute Gasteiger partial charge is 0.378 e. The van der Waals surface area contributed by atoms with Crippen molar-refractivity contribution >= 4 is 5.91 Å². The van der Waals surface area contributed by atoms with Crippen LogP contribution < -0.4 is 5.73 Å². The fourth-order valence-electron chi connectivity index (χ4n) is 2.58. The molecular weight excluding hydrogens is 204 g/mol. The minimum absolute atomic E-state index is 0.0622. The van der Waals surface area contributed by atoms with Crippen LogP contribution in [0.15, 0.2) is 0 Å². The first kappa shape index (κ1) is 11.9. The molecule has 0 aromatic carbocycles. The molecule has 92 valence electrons. The van der Waals surface area contributed by atoms with Crippen molar-refractivity contribution < 1.29 is 9.53 Å². The van der Waals surface area contributed by atoms with E-state index in [1.54, 1.807) is 0 Å². The molecule has 2 atom stereocenters. The highest BCUT2D eigenvalue weighted by atomic mass is 16.5. The van der Waals surface area contributed by atoms with E-state index in [-0.39, 0.29) is 17.9 Å². The highest BCUT2D eigenvalue weighted by Crippen LogP contribution is 2.29. The van der Waals surface area contributed by atoms with Gasteiger partial charge in [-0.25, -0.2) is 0 Å². The van der Waals surface area contributed by atoms with Gasteiger partial charge in [0.05, 0.1) is 12.0 Å². The Bertz CT molecular complexity index is 253. The molecule has 1 saturated heterocycles. The Morgan fingerprint density at radius 2 is 2.19 bits per heavy atom. The van der Waals surface area contributed by atoms with E-state index in [9.17, 15) is 4.79 Å². The number of nitrogens with two attached hydrogens (primary N) is 1. The third-order valence-corrected chi connectivity index (χ3v) is 3.86. The number of nitrogens with zero attached hydrogens (tertiary/aromatic N) is 1. The smallest absolute Gasteiger partial charge is 0.228 e. The lowest BCUT2D eigenvalue weighted by molar-refractivity contribution is -0.141. The van der Waals surface area contributed by atoms with Crippen molar-refractivity contribution in [3.63, 3.8) is 0 Å². The zero-order chi connectivity index (χ0) is 11.5. The summed E-state index contributed by atoms with van der Waals surface area (Å²) in [4.78, 5) is 14.4. The van der Waals surface area contributed by atoms with Gasteiger partial charge in [-0.1, -0.05) is 0 Å². The van der Waals surface area contributed by atoms with Gasteiger partial charge in [0, 0.05) is 25.7 Å². The summed E-state index contributed by atoms with van der Waals surface area (Å²) in [7, 11) is 0. The van der Waals surface area contributed by atoms with Crippen molar-refractivity contribution in [1.82, 2.24) is 4.90 Å². The van der Waals surface area contributed by atoms with Gasteiger partial charge >= 0.3 is 0 Å². The van der Waals surface area contributed by atoms with Crippen molar-refractivity contribution in [2.75, 3.05) is 19.7 Å². The van der Waals surface area contributed by atoms with E-state index in [2.05, 4.69) is 0 Å². The highest BCUT2D eigenvalue weighted by Gasteiger charge is 2.37. The highest BCUT2D eigenvalue weighted by molar-refractivity contribution is 5.80. The van der Waals surface area contributed by atoms with Gasteiger partial charge in [-0.15, -0.1) is 0 Å². The van der Waals surface area contributed by atoms with Crippen LogP contribution in [0.4, 0.5) is 0 Å². The maximum Gasteiger partial charge on any atom is 0.228 e. The molecule has 2 unspecified atom stereocenters. The fourth-order valence-corrected chi connectivity index (χ4v) is 2.58. The minimum atomic E-state index is 0.0622. The van der Waals surface area contributed by atoms with Crippen LogP contribution in [-0.2, 0) is 9.53 Å². The monoisotopic (exact) mass is 226 g/mol. The summed E-state index contributed by atoms with van der Waals surface area (Å²) in [6.45, 7) is 3.98. The molecule has 4 heteroatoms. The molecule has 2 rings (SSSR count). The van der Waals surface area contributed by atoms with Crippen LogP contribution in [0.3, 0.4) is 0 Å². The molecule has 1 aliphatic heterocycles. The van der Waals surface area contributed by atoms with E-state index in [0.717, 1.165) is 25.9 Å². The van der Waals surface area contributed by atoms with Gasteiger partial charge in [0.25, 0.3) is 0 Å². The second-order valence-electron chi connectivity index (χ2n) is 4.88. The van der Waals surface area contributed by atoms with Gasteiger partial charge in [0.1, 0.15) is 0 Å². The lowest BCUT2D eigenvalue weighted by Gasteiger charge is -2.39. The molecule has 2 N–H and O–H groups in total. The van der Waals surface area contributed by atoms with Crippen LogP contribution in [0, 0.1) is 5.92 Å². The van der Waals surface area contributed by atoms with Crippen LogP contribution in [0.1, 0.15) is 32.6 Å². The molecular formula is C12H22N2O2. The number of carbonyl (C=O) groups excluding carboxylic acids is 1. The van der Waals surface area contributed by atoms with E-state index < -0.39 is 0 Å². The van der Waals surface area contributed by atoms with Gasteiger partial charge in [0.2, 0.25) is 5.91 Å². The SMILES string of the molecule is CC1OCCC1C(=O)N(CCN)C1CCC1. The first-order valence-corrected chi connectivity index (χ1v) is 6.36. The fraction of sp³-hybridized carbons (Fsp3) is 0.917. The predicted molar refractivity (Wildman–Crippen MR) is 61.9 cm³/mol. The molecule has 1 saturated carbocycles. The zero-order valence-corrected chi connectivity index (χ0v) is 10.0. The number of carbonyl (C=O) groups is 1. The van der Waals surface area contributed by atoms with E-state index in [0.29, 0.717) is 19.1 Å². The lowest BCUT2D eigenvalue weighted by atomic mass is 9.89. The van der Waals surface area contributed by atoms with Crippen molar-refractivity contribution in [1.29, 1.82) is 0 Å². The summed E-state index contributed by atoms with van der Waals surface area (Å²) in [5.41, 5.74) is 5.59. The Morgan fingerprint density at radius 1 is 1.44 bits per heavy atom. The van der Waals surface area contributed by atoms with Crippen LogP contribution >= 0.6 is 0 Å². The van der Waals surface area contributed by atoms with Crippen LogP contribution in [0.25, 0.3) is 0 Å². The summed E-state index contributed by atoms with van der Waals surface area (Å²) in [5, 5.41) is 0. The number of hydrogen-bond acceptors (Lipinski definition) is 3. The third kappa shape index (κ3) is 2.23. The predicted octanol–water partition coefficient (Wildman–Crippen LogP) is 0.751. The molecule has 2 aliphatic rings. The Labute approximate surface area is 97.1 Å². The molecule has 4 nitrogen and oxygen atoms in total. The summed E-state index contributed by atoms with van der Waals surface area (Å²) in [6, 6.07) is 0.448. The second-order valence-corrected chi connectivity index (χ2v) is 4.88. The van der Waals surface area contributed by atoms with Crippen molar-refractivity contribution in [2.45, 2.75) is 44.8 Å². The Morgan fingerprint density at radius 3 is 2.62 bits per heavy atom. The third-order valence-electron chi connectivity index (χ3n) is 3.86. The number of ether oxygens (including phenoxy) is 1. The van der Waals surface area contributed by atoms with Gasteiger partial charge in [0.15, 0.2) is 0 Å². The first-order valence-electron chi connectivity index (χ1n) is 6.36. The standard InChI is InChI=1S/C12H22N2O2/c1-9-11(5-8-16-9)12(15)14(7-6-13)10-3-2-4-10/h9-11H,2-8,13H2,1H3. The van der Waals surface area contributed by atoms with Crippen molar-refractivity contribution in [3.8, 4) is 0 Å². The Balaban J connectivity index is 1.98. The van der Waals surface area contributed by atoms with Gasteiger partial charge in [-0.05, 0) is 32.6 Å². The summed E-state index contributed by atoms with van der Waals surface area (Å²) >= 11 is 0. The molecule has 0 bridgehead atoms. The molecule has 1 amide bonds. The topological polar surface area (TPSA) is 55.6 Å². The number of hydrogen-bond donors (Lipinski definition) is 1. The van der Waals surface area contributed by atoms with E-state index >= 15 is 0 Å². The van der Waals surface area contributed by atoms with E-state index in [1.807, 2.05) is 11.8 Å². The molecule has 0 aromatic heterocycles. The molecule has 0 radical (unpaired) electrons. The summed E-state index contributed by atoms with van der Waals surface area (Å²) in [5.74, 6) is 0.326. The maximum absolute atomic E-state index is 12.4. The maximum atomic E-state index is 12.4. The quantitative estimate of drug-likeness (QED) is 0.769. The second kappa shape index (κ2) is 5.15. The van der Waals surface area contributed by atoms with Crippen LogP contribution in [0.5, 0.6) is 0 Å². The van der Waals surface area contributed by atoms with Crippen molar-refractivity contribution in [2.24, 2.45) is 11.7 Å². The minimum Gasteiger partial charge on any atom is -0.378 e. The molecule has 2 fully saturated rings. The van der Waals surface area contributed by atoms with Crippen LogP contribution in [-0.4, -0.2) is 42.6 Å². The van der Waals surface area contributed by atoms with Gasteiger partial charge in [-0.3, -0.25) is 4.79 Å².